The largest absolute Gasteiger partial charge is 0.494 e. The first-order valence-corrected chi connectivity index (χ1v) is 6.63. The summed E-state index contributed by atoms with van der Waals surface area (Å²) in [5, 5.41) is 3.24. The number of halogens is 1. The lowest BCUT2D eigenvalue weighted by atomic mass is 10.3. The van der Waals surface area contributed by atoms with E-state index in [9.17, 15) is 4.39 Å². The molecule has 2 rings (SSSR count). The van der Waals surface area contributed by atoms with Gasteiger partial charge in [0.2, 0.25) is 0 Å². The van der Waals surface area contributed by atoms with Gasteiger partial charge in [-0.25, -0.2) is 4.39 Å². The summed E-state index contributed by atoms with van der Waals surface area (Å²) in [7, 11) is 0. The zero-order chi connectivity index (χ0) is 14.2. The lowest BCUT2D eigenvalue weighted by Crippen LogP contribution is -2.11. The highest BCUT2D eigenvalue weighted by Crippen LogP contribution is 2.15. The fourth-order valence-corrected chi connectivity index (χ4v) is 1.73. The standard InChI is InChI=1S/C16H18FNO2/c1-2-19-15-9-5-14(6-10-15)18-11-12-20-16-7-3-13(17)4-8-16/h3-10,18H,2,11-12H2,1H3. The average molecular weight is 275 g/mol. The van der Waals surface area contributed by atoms with E-state index in [1.165, 1.54) is 12.1 Å². The first kappa shape index (κ1) is 14.2. The number of benzene rings is 2. The van der Waals surface area contributed by atoms with Gasteiger partial charge in [0.15, 0.2) is 0 Å². The maximum atomic E-state index is 12.7. The second kappa shape index (κ2) is 7.38. The van der Waals surface area contributed by atoms with Gasteiger partial charge in [-0.05, 0) is 55.5 Å². The molecule has 0 spiro atoms. The van der Waals surface area contributed by atoms with Gasteiger partial charge in [-0.1, -0.05) is 0 Å². The fraction of sp³-hybridized carbons (Fsp3) is 0.250. The maximum Gasteiger partial charge on any atom is 0.123 e. The summed E-state index contributed by atoms with van der Waals surface area (Å²) >= 11 is 0. The summed E-state index contributed by atoms with van der Waals surface area (Å²) in [5.74, 6) is 1.27. The van der Waals surface area contributed by atoms with Crippen LogP contribution < -0.4 is 14.8 Å². The third kappa shape index (κ3) is 4.46. The van der Waals surface area contributed by atoms with Gasteiger partial charge in [0.1, 0.15) is 23.9 Å². The maximum absolute atomic E-state index is 12.7. The van der Waals surface area contributed by atoms with Gasteiger partial charge in [0.25, 0.3) is 0 Å². The first-order valence-electron chi connectivity index (χ1n) is 6.63. The number of hydrogen-bond acceptors (Lipinski definition) is 3. The van der Waals surface area contributed by atoms with Gasteiger partial charge in [-0.2, -0.15) is 0 Å². The second-order valence-electron chi connectivity index (χ2n) is 4.19. The van der Waals surface area contributed by atoms with E-state index in [0.717, 1.165) is 11.4 Å². The molecule has 2 aromatic carbocycles. The Morgan fingerprint density at radius 2 is 1.50 bits per heavy atom. The first-order chi connectivity index (χ1) is 9.78. The van der Waals surface area contributed by atoms with Crippen LogP contribution in [0.25, 0.3) is 0 Å². The molecule has 0 unspecified atom stereocenters. The van der Waals surface area contributed by atoms with Gasteiger partial charge in [0.05, 0.1) is 6.61 Å². The van der Waals surface area contributed by atoms with Crippen LogP contribution in [-0.4, -0.2) is 19.8 Å². The molecule has 2 aromatic rings. The smallest absolute Gasteiger partial charge is 0.123 e. The predicted octanol–water partition coefficient (Wildman–Crippen LogP) is 3.72. The number of ether oxygens (including phenoxy) is 2. The molecular weight excluding hydrogens is 257 g/mol. The Labute approximate surface area is 118 Å². The monoisotopic (exact) mass is 275 g/mol. The molecule has 0 bridgehead atoms. The van der Waals surface area contributed by atoms with E-state index in [0.29, 0.717) is 25.5 Å². The average Bonchev–Trinajstić information content (AvgIpc) is 2.47. The van der Waals surface area contributed by atoms with Crippen molar-refractivity contribution in [1.29, 1.82) is 0 Å². The van der Waals surface area contributed by atoms with Crippen LogP contribution in [0, 0.1) is 5.82 Å². The second-order valence-corrected chi connectivity index (χ2v) is 4.19. The summed E-state index contributed by atoms with van der Waals surface area (Å²) in [6.45, 7) is 3.81. The molecule has 0 saturated heterocycles. The molecule has 1 N–H and O–H groups in total. The lowest BCUT2D eigenvalue weighted by Gasteiger charge is -2.09. The van der Waals surface area contributed by atoms with Crippen LogP contribution in [-0.2, 0) is 0 Å². The van der Waals surface area contributed by atoms with Crippen LogP contribution in [0.2, 0.25) is 0 Å². The molecule has 0 amide bonds. The van der Waals surface area contributed by atoms with Crippen LogP contribution in [0.5, 0.6) is 11.5 Å². The van der Waals surface area contributed by atoms with Crippen molar-refractivity contribution < 1.29 is 13.9 Å². The summed E-state index contributed by atoms with van der Waals surface area (Å²) in [5.41, 5.74) is 1.01. The number of nitrogens with one attached hydrogen (secondary N) is 1. The van der Waals surface area contributed by atoms with Crippen molar-refractivity contribution in [3.63, 3.8) is 0 Å². The normalized spacial score (nSPS) is 10.1. The number of rotatable bonds is 7. The Bertz CT molecular complexity index is 511. The quantitative estimate of drug-likeness (QED) is 0.781. The van der Waals surface area contributed by atoms with Crippen molar-refractivity contribution in [3.05, 3.63) is 54.3 Å². The van der Waals surface area contributed by atoms with E-state index in [1.807, 2.05) is 31.2 Å². The third-order valence-electron chi connectivity index (χ3n) is 2.68. The van der Waals surface area contributed by atoms with Gasteiger partial charge in [0, 0.05) is 12.2 Å². The predicted molar refractivity (Wildman–Crippen MR) is 78.0 cm³/mol. The molecule has 0 atom stereocenters. The highest BCUT2D eigenvalue weighted by Gasteiger charge is 1.96. The van der Waals surface area contributed by atoms with Crippen molar-refractivity contribution in [2.75, 3.05) is 25.1 Å². The van der Waals surface area contributed by atoms with Crippen LogP contribution >= 0.6 is 0 Å². The molecule has 0 saturated carbocycles. The molecule has 106 valence electrons. The molecule has 4 heteroatoms. The van der Waals surface area contributed by atoms with Gasteiger partial charge < -0.3 is 14.8 Å². The highest BCUT2D eigenvalue weighted by molar-refractivity contribution is 5.46. The van der Waals surface area contributed by atoms with Crippen molar-refractivity contribution in [2.45, 2.75) is 6.92 Å². The Morgan fingerprint density at radius 3 is 2.15 bits per heavy atom. The van der Waals surface area contributed by atoms with Crippen LogP contribution in [0.15, 0.2) is 48.5 Å². The van der Waals surface area contributed by atoms with Gasteiger partial charge >= 0.3 is 0 Å². The Morgan fingerprint density at radius 1 is 0.900 bits per heavy atom. The van der Waals surface area contributed by atoms with Gasteiger partial charge in [-0.3, -0.25) is 0 Å². The van der Waals surface area contributed by atoms with Crippen molar-refractivity contribution in [3.8, 4) is 11.5 Å². The van der Waals surface area contributed by atoms with Crippen LogP contribution in [0.1, 0.15) is 6.92 Å². The Kier molecular flexibility index (Phi) is 5.24. The van der Waals surface area contributed by atoms with E-state index in [-0.39, 0.29) is 5.82 Å². The number of anilines is 1. The third-order valence-corrected chi connectivity index (χ3v) is 2.68. The molecule has 0 radical (unpaired) electrons. The molecule has 0 fully saturated rings. The molecule has 0 heterocycles. The summed E-state index contributed by atoms with van der Waals surface area (Å²) in [6.07, 6.45) is 0. The van der Waals surface area contributed by atoms with E-state index >= 15 is 0 Å². The molecular formula is C16H18FNO2. The van der Waals surface area contributed by atoms with E-state index < -0.39 is 0 Å². The topological polar surface area (TPSA) is 30.5 Å². The summed E-state index contributed by atoms with van der Waals surface area (Å²) < 4.78 is 23.6. The molecule has 20 heavy (non-hydrogen) atoms. The van der Waals surface area contributed by atoms with Crippen molar-refractivity contribution in [1.82, 2.24) is 0 Å². The van der Waals surface area contributed by atoms with E-state index in [1.54, 1.807) is 12.1 Å². The van der Waals surface area contributed by atoms with Crippen LogP contribution in [0.4, 0.5) is 10.1 Å². The highest BCUT2D eigenvalue weighted by atomic mass is 19.1. The minimum atomic E-state index is -0.259. The Hall–Kier alpha value is -2.23. The minimum Gasteiger partial charge on any atom is -0.494 e. The van der Waals surface area contributed by atoms with Crippen molar-refractivity contribution in [2.24, 2.45) is 0 Å². The summed E-state index contributed by atoms with van der Waals surface area (Å²) in [4.78, 5) is 0. The number of hydrogen-bond donors (Lipinski definition) is 1. The zero-order valence-corrected chi connectivity index (χ0v) is 11.4. The molecule has 3 nitrogen and oxygen atoms in total. The molecule has 0 aromatic heterocycles. The summed E-state index contributed by atoms with van der Waals surface area (Å²) in [6, 6.07) is 13.8. The van der Waals surface area contributed by atoms with Crippen LogP contribution in [0.3, 0.4) is 0 Å². The van der Waals surface area contributed by atoms with Crippen molar-refractivity contribution >= 4 is 5.69 Å². The fourth-order valence-electron chi connectivity index (χ4n) is 1.73. The van der Waals surface area contributed by atoms with Gasteiger partial charge in [-0.15, -0.1) is 0 Å². The molecule has 0 aliphatic heterocycles. The molecule has 0 aliphatic rings. The SMILES string of the molecule is CCOc1ccc(NCCOc2ccc(F)cc2)cc1. The van der Waals surface area contributed by atoms with E-state index in [4.69, 9.17) is 9.47 Å². The minimum absolute atomic E-state index is 0.259. The Balaban J connectivity index is 1.71. The molecule has 0 aliphatic carbocycles. The zero-order valence-electron chi connectivity index (χ0n) is 11.4. The lowest BCUT2D eigenvalue weighted by molar-refractivity contribution is 0.332. The van der Waals surface area contributed by atoms with E-state index in [2.05, 4.69) is 5.32 Å².